The number of hydrazone groups is 1. The van der Waals surface area contributed by atoms with Crippen LogP contribution in [0.5, 0.6) is 0 Å². The van der Waals surface area contributed by atoms with Crippen molar-refractivity contribution in [2.24, 2.45) is 10.5 Å². The minimum Gasteiger partial charge on any atom is -0.272 e. The summed E-state index contributed by atoms with van der Waals surface area (Å²) in [5.41, 5.74) is 4.30. The summed E-state index contributed by atoms with van der Waals surface area (Å²) in [6.07, 6.45) is 2.40. The van der Waals surface area contributed by atoms with Gasteiger partial charge in [0.2, 0.25) is 5.91 Å². The van der Waals surface area contributed by atoms with Crippen molar-refractivity contribution in [3.05, 3.63) is 35.4 Å². The van der Waals surface area contributed by atoms with Crippen LogP contribution < -0.4 is 5.43 Å². The van der Waals surface area contributed by atoms with Gasteiger partial charge in [0.05, 0.1) is 14.9 Å². The molecule has 2 rings (SSSR count). The highest BCUT2D eigenvalue weighted by atomic mass is 79.9. The maximum Gasteiger partial charge on any atom is 0.248 e. The highest BCUT2D eigenvalue weighted by Gasteiger charge is 2.66. The van der Waals surface area contributed by atoms with Crippen LogP contribution in [-0.2, 0) is 4.79 Å². The molecular formula is C13H14Br2N2O. The molecule has 1 saturated carbocycles. The molecule has 18 heavy (non-hydrogen) atoms. The van der Waals surface area contributed by atoms with Gasteiger partial charge in [-0.15, -0.1) is 0 Å². The lowest BCUT2D eigenvalue weighted by Crippen LogP contribution is -2.29. The first-order valence-electron chi connectivity index (χ1n) is 5.63. The molecule has 1 aromatic carbocycles. The van der Waals surface area contributed by atoms with Crippen molar-refractivity contribution in [3.63, 3.8) is 0 Å². The maximum absolute atomic E-state index is 11.9. The fourth-order valence-electron chi connectivity index (χ4n) is 1.59. The number of benzene rings is 1. The Morgan fingerprint density at radius 2 is 1.94 bits per heavy atom. The van der Waals surface area contributed by atoms with E-state index in [1.807, 2.05) is 38.1 Å². The Hall–Kier alpha value is -0.680. The normalized spacial score (nSPS) is 25.1. The molecular weight excluding hydrogens is 360 g/mol. The van der Waals surface area contributed by atoms with Crippen molar-refractivity contribution in [2.75, 3.05) is 0 Å². The third-order valence-electron chi connectivity index (χ3n) is 3.22. The Morgan fingerprint density at radius 1 is 1.39 bits per heavy atom. The summed E-state index contributed by atoms with van der Waals surface area (Å²) in [4.78, 5) is 11.9. The van der Waals surface area contributed by atoms with Crippen molar-refractivity contribution in [2.45, 2.75) is 23.5 Å². The van der Waals surface area contributed by atoms with Gasteiger partial charge in [-0.05, 0) is 25.8 Å². The molecule has 1 fully saturated rings. The molecule has 96 valence electrons. The number of alkyl halides is 2. The molecule has 1 amide bonds. The zero-order chi connectivity index (χ0) is 13.4. The lowest BCUT2D eigenvalue weighted by atomic mass is 10.1. The van der Waals surface area contributed by atoms with E-state index in [4.69, 9.17) is 0 Å². The summed E-state index contributed by atoms with van der Waals surface area (Å²) in [5.74, 6) is -0.0837. The fraction of sp³-hybridized carbons (Fsp3) is 0.385. The van der Waals surface area contributed by atoms with Crippen molar-refractivity contribution in [1.82, 2.24) is 5.43 Å². The molecule has 0 radical (unpaired) electrons. The quantitative estimate of drug-likeness (QED) is 0.492. The number of carbonyl (C=O) groups is 1. The topological polar surface area (TPSA) is 41.5 Å². The minimum absolute atomic E-state index is 0.0837. The number of nitrogens with zero attached hydrogens (tertiary/aromatic N) is 1. The largest absolute Gasteiger partial charge is 0.272 e. The highest BCUT2D eigenvalue weighted by molar-refractivity contribution is 9.25. The second-order valence-corrected chi connectivity index (χ2v) is 8.59. The molecule has 1 aliphatic rings. The molecule has 1 atom stereocenters. The van der Waals surface area contributed by atoms with Crippen LogP contribution in [0.3, 0.4) is 0 Å². The van der Waals surface area contributed by atoms with E-state index in [9.17, 15) is 4.79 Å². The monoisotopic (exact) mass is 372 g/mol. The van der Waals surface area contributed by atoms with Crippen LogP contribution in [-0.4, -0.2) is 15.4 Å². The first-order chi connectivity index (χ1) is 8.35. The first kappa shape index (κ1) is 13.7. The van der Waals surface area contributed by atoms with Crippen LogP contribution in [0.4, 0.5) is 0 Å². The lowest BCUT2D eigenvalue weighted by molar-refractivity contribution is -0.125. The second-order valence-electron chi connectivity index (χ2n) is 4.82. The first-order valence-corrected chi connectivity index (χ1v) is 7.22. The second kappa shape index (κ2) is 4.78. The van der Waals surface area contributed by atoms with E-state index in [1.54, 1.807) is 6.21 Å². The molecule has 0 saturated heterocycles. The zero-order valence-electron chi connectivity index (χ0n) is 10.2. The third-order valence-corrected chi connectivity index (χ3v) is 5.53. The molecule has 1 aliphatic carbocycles. The predicted octanol–water partition coefficient (Wildman–Crippen LogP) is 3.34. The molecule has 1 N–H and O–H groups in total. The van der Waals surface area contributed by atoms with E-state index in [1.165, 1.54) is 5.56 Å². The van der Waals surface area contributed by atoms with Gasteiger partial charge in [-0.1, -0.05) is 61.7 Å². The number of nitrogens with one attached hydrogen (secondary N) is 1. The smallest absolute Gasteiger partial charge is 0.248 e. The van der Waals surface area contributed by atoms with Gasteiger partial charge in [-0.3, -0.25) is 4.79 Å². The van der Waals surface area contributed by atoms with Crippen LogP contribution in [0.15, 0.2) is 29.4 Å². The zero-order valence-corrected chi connectivity index (χ0v) is 13.4. The summed E-state index contributed by atoms with van der Waals surface area (Å²) in [5, 5.41) is 3.98. The van der Waals surface area contributed by atoms with E-state index in [-0.39, 0.29) is 9.14 Å². The number of hydrogen-bond donors (Lipinski definition) is 1. The van der Waals surface area contributed by atoms with E-state index >= 15 is 0 Å². The van der Waals surface area contributed by atoms with Gasteiger partial charge in [-0.2, -0.15) is 5.10 Å². The number of aryl methyl sites for hydroxylation is 1. The lowest BCUT2D eigenvalue weighted by Gasteiger charge is -2.09. The maximum atomic E-state index is 11.9. The Bertz CT molecular complexity index is 496. The number of rotatable bonds is 3. The number of carbonyl (C=O) groups excluding carboxylic acids is 1. The number of halogens is 2. The fourth-order valence-corrected chi connectivity index (χ4v) is 3.07. The molecule has 3 nitrogen and oxygen atoms in total. The van der Waals surface area contributed by atoms with E-state index in [0.29, 0.717) is 0 Å². The Balaban J connectivity index is 1.93. The van der Waals surface area contributed by atoms with E-state index in [0.717, 1.165) is 12.0 Å². The van der Waals surface area contributed by atoms with Crippen molar-refractivity contribution >= 4 is 44.0 Å². The highest BCUT2D eigenvalue weighted by Crippen LogP contribution is 2.66. The summed E-state index contributed by atoms with van der Waals surface area (Å²) in [6, 6.07) is 7.94. The van der Waals surface area contributed by atoms with E-state index < -0.39 is 5.41 Å². The molecule has 1 aromatic rings. The van der Waals surface area contributed by atoms with Gasteiger partial charge >= 0.3 is 0 Å². The predicted molar refractivity (Wildman–Crippen MR) is 80.2 cm³/mol. The molecule has 0 aromatic heterocycles. The van der Waals surface area contributed by atoms with Crippen LogP contribution in [0.1, 0.15) is 24.5 Å². The van der Waals surface area contributed by atoms with Crippen molar-refractivity contribution in [3.8, 4) is 0 Å². The van der Waals surface area contributed by atoms with Gasteiger partial charge in [-0.25, -0.2) is 5.43 Å². The SMILES string of the molecule is Cc1ccc(/C=N\NC(=O)[C@]2(C)CC2(Br)Br)cc1. The van der Waals surface area contributed by atoms with Gasteiger partial charge in [0.1, 0.15) is 0 Å². The van der Waals surface area contributed by atoms with Gasteiger partial charge in [0, 0.05) is 0 Å². The number of amides is 1. The average molecular weight is 374 g/mol. The van der Waals surface area contributed by atoms with Crippen LogP contribution in [0, 0.1) is 12.3 Å². The number of hydrogen-bond acceptors (Lipinski definition) is 2. The van der Waals surface area contributed by atoms with Gasteiger partial charge < -0.3 is 0 Å². The molecule has 0 spiro atoms. The van der Waals surface area contributed by atoms with Crippen LogP contribution >= 0.6 is 31.9 Å². The summed E-state index contributed by atoms with van der Waals surface area (Å²) in [7, 11) is 0. The Kier molecular flexibility index (Phi) is 3.65. The summed E-state index contributed by atoms with van der Waals surface area (Å²) in [6.45, 7) is 3.93. The minimum atomic E-state index is -0.433. The summed E-state index contributed by atoms with van der Waals surface area (Å²) >= 11 is 6.92. The van der Waals surface area contributed by atoms with E-state index in [2.05, 4.69) is 42.4 Å². The summed E-state index contributed by atoms with van der Waals surface area (Å²) < 4.78 is -0.281. The molecule has 0 aliphatic heterocycles. The molecule has 0 heterocycles. The molecule has 0 unspecified atom stereocenters. The van der Waals surface area contributed by atoms with Crippen LogP contribution in [0.25, 0.3) is 0 Å². The average Bonchev–Trinajstić information content (AvgIpc) is 2.82. The van der Waals surface area contributed by atoms with Crippen LogP contribution in [0.2, 0.25) is 0 Å². The molecule has 0 bridgehead atoms. The third kappa shape index (κ3) is 2.67. The standard InChI is InChI=1S/C13H14Br2N2O/c1-9-3-5-10(6-4-9)7-16-17-11(18)12(2)8-13(12,14)15/h3-7H,8H2,1-2H3,(H,17,18)/b16-7-/t12-/m0/s1. The van der Waals surface area contributed by atoms with Gasteiger partial charge in [0.25, 0.3) is 0 Å². The van der Waals surface area contributed by atoms with Gasteiger partial charge in [0.15, 0.2) is 0 Å². The van der Waals surface area contributed by atoms with Crippen molar-refractivity contribution < 1.29 is 4.79 Å². The Labute approximate surface area is 123 Å². The van der Waals surface area contributed by atoms with Crippen molar-refractivity contribution in [1.29, 1.82) is 0 Å². The Morgan fingerprint density at radius 3 is 2.44 bits per heavy atom. The molecule has 5 heteroatoms.